The number of ketones is 1. The smallest absolute Gasteiger partial charge is 0.133 e. The third-order valence-corrected chi connectivity index (χ3v) is 3.93. The van der Waals surface area contributed by atoms with Gasteiger partial charge in [-0.05, 0) is 50.0 Å². The van der Waals surface area contributed by atoms with E-state index in [1.807, 2.05) is 12.1 Å². The van der Waals surface area contributed by atoms with E-state index in [4.69, 9.17) is 4.74 Å². The topological polar surface area (TPSA) is 29.5 Å². The molecule has 2 rings (SSSR count). The first-order valence-corrected chi connectivity index (χ1v) is 6.90. The summed E-state index contributed by atoms with van der Waals surface area (Å²) in [6, 6.07) is 8.16. The molecule has 4 heteroatoms. The molecule has 20 heavy (non-hydrogen) atoms. The van der Waals surface area contributed by atoms with Crippen LogP contribution < -0.4 is 4.74 Å². The van der Waals surface area contributed by atoms with Crippen LogP contribution in [0.2, 0.25) is 0 Å². The second kappa shape index (κ2) is 7.65. The average molecular weight is 298 g/mol. The van der Waals surface area contributed by atoms with Crippen LogP contribution in [0.5, 0.6) is 5.75 Å². The molecule has 1 aromatic rings. The van der Waals surface area contributed by atoms with Crippen molar-refractivity contribution >= 4 is 18.2 Å². The number of nitrogens with zero attached hydrogens (tertiary/aromatic N) is 1. The number of hydrogen-bond acceptors (Lipinski definition) is 3. The molecule has 1 saturated carbocycles. The molecule has 0 aliphatic heterocycles. The fraction of sp³-hybridized carbons (Fsp3) is 0.562. The quantitative estimate of drug-likeness (QED) is 0.855. The molecule has 0 saturated heterocycles. The first kappa shape index (κ1) is 17.0. The molecular weight excluding hydrogens is 274 g/mol. The van der Waals surface area contributed by atoms with Gasteiger partial charge < -0.3 is 9.64 Å². The number of halogens is 1. The first-order valence-electron chi connectivity index (χ1n) is 6.90. The molecule has 0 bridgehead atoms. The molecule has 0 N–H and O–H groups in total. The molecule has 0 spiro atoms. The normalized spacial score (nSPS) is 22.5. The molecule has 1 aromatic carbocycles. The molecule has 3 nitrogen and oxygen atoms in total. The second-order valence-corrected chi connectivity index (χ2v) is 5.69. The van der Waals surface area contributed by atoms with Gasteiger partial charge in [-0.25, -0.2) is 0 Å². The number of carbonyl (C=O) groups excluding carboxylic acids is 1. The Morgan fingerprint density at radius 3 is 2.75 bits per heavy atom. The lowest BCUT2D eigenvalue weighted by Crippen LogP contribution is -2.31. The lowest BCUT2D eigenvalue weighted by Gasteiger charge is -2.33. The number of carbonyl (C=O) groups is 1. The van der Waals surface area contributed by atoms with Gasteiger partial charge >= 0.3 is 0 Å². The Labute approximate surface area is 127 Å². The van der Waals surface area contributed by atoms with Crippen LogP contribution in [0.4, 0.5) is 0 Å². The van der Waals surface area contributed by atoms with Crippen LogP contribution in [-0.2, 0) is 4.79 Å². The summed E-state index contributed by atoms with van der Waals surface area (Å²) >= 11 is 0. The van der Waals surface area contributed by atoms with Gasteiger partial charge in [0.05, 0.1) is 7.11 Å². The van der Waals surface area contributed by atoms with Crippen LogP contribution in [-0.4, -0.2) is 38.4 Å². The van der Waals surface area contributed by atoms with Crippen LogP contribution >= 0.6 is 12.4 Å². The Balaban J connectivity index is 0.00000200. The van der Waals surface area contributed by atoms with Crippen LogP contribution in [0.25, 0.3) is 0 Å². The zero-order chi connectivity index (χ0) is 13.8. The highest BCUT2D eigenvalue weighted by Crippen LogP contribution is 2.37. The number of ether oxygens (including phenoxy) is 1. The maximum absolute atomic E-state index is 11.8. The van der Waals surface area contributed by atoms with Crippen molar-refractivity contribution in [3.63, 3.8) is 0 Å². The predicted octanol–water partition coefficient (Wildman–Crippen LogP) is 3.13. The maximum Gasteiger partial charge on any atom is 0.133 e. The van der Waals surface area contributed by atoms with Crippen LogP contribution in [0, 0.1) is 5.92 Å². The first-order chi connectivity index (χ1) is 9.10. The van der Waals surface area contributed by atoms with Crippen molar-refractivity contribution < 1.29 is 9.53 Å². The van der Waals surface area contributed by atoms with E-state index < -0.39 is 0 Å². The number of Topliss-reactive ketones (excluding diaryl/α,β-unsaturated/α-hetero) is 1. The molecule has 1 aliphatic rings. The largest absolute Gasteiger partial charge is 0.497 e. The molecular formula is C16H24ClNO2. The highest BCUT2D eigenvalue weighted by molar-refractivity contribution is 5.85. The highest BCUT2D eigenvalue weighted by atomic mass is 35.5. The summed E-state index contributed by atoms with van der Waals surface area (Å²) in [6.45, 7) is 1.04. The van der Waals surface area contributed by atoms with E-state index in [1.54, 1.807) is 7.11 Å². The monoisotopic (exact) mass is 297 g/mol. The summed E-state index contributed by atoms with van der Waals surface area (Å²) in [4.78, 5) is 14.0. The van der Waals surface area contributed by atoms with E-state index in [-0.39, 0.29) is 12.4 Å². The highest BCUT2D eigenvalue weighted by Gasteiger charge is 2.30. The van der Waals surface area contributed by atoms with Gasteiger partial charge in [-0.1, -0.05) is 12.1 Å². The number of methoxy groups -OCH3 is 1. The lowest BCUT2D eigenvalue weighted by atomic mass is 9.74. The van der Waals surface area contributed by atoms with Crippen molar-refractivity contribution in [3.8, 4) is 5.75 Å². The van der Waals surface area contributed by atoms with E-state index in [1.165, 1.54) is 5.56 Å². The van der Waals surface area contributed by atoms with Gasteiger partial charge in [0.25, 0.3) is 0 Å². The van der Waals surface area contributed by atoms with E-state index in [0.717, 1.165) is 25.1 Å². The zero-order valence-electron chi connectivity index (χ0n) is 12.5. The minimum absolute atomic E-state index is 0. The molecule has 0 aromatic heterocycles. The predicted molar refractivity (Wildman–Crippen MR) is 83.9 cm³/mol. The molecule has 0 heterocycles. The van der Waals surface area contributed by atoms with Crippen LogP contribution in [0.15, 0.2) is 24.3 Å². The molecule has 0 amide bonds. The van der Waals surface area contributed by atoms with Crippen molar-refractivity contribution in [1.82, 2.24) is 4.90 Å². The van der Waals surface area contributed by atoms with Crippen molar-refractivity contribution in [1.29, 1.82) is 0 Å². The lowest BCUT2D eigenvalue weighted by molar-refractivity contribution is -0.121. The SMILES string of the molecule is COc1cccc(C2CC(=O)CCC2CN(C)C)c1.Cl. The van der Waals surface area contributed by atoms with Crippen molar-refractivity contribution in [2.45, 2.75) is 25.2 Å². The van der Waals surface area contributed by atoms with E-state index in [0.29, 0.717) is 24.0 Å². The van der Waals surface area contributed by atoms with E-state index in [9.17, 15) is 4.79 Å². The number of hydrogen-bond donors (Lipinski definition) is 0. The summed E-state index contributed by atoms with van der Waals surface area (Å²) in [7, 11) is 5.88. The molecule has 1 fully saturated rings. The Morgan fingerprint density at radius 1 is 1.35 bits per heavy atom. The van der Waals surface area contributed by atoms with Gasteiger partial charge in [0.1, 0.15) is 11.5 Å². The summed E-state index contributed by atoms with van der Waals surface area (Å²) in [5.74, 6) is 2.15. The minimum Gasteiger partial charge on any atom is -0.497 e. The van der Waals surface area contributed by atoms with Gasteiger partial charge in [-0.15, -0.1) is 12.4 Å². The standard InChI is InChI=1S/C16H23NO2.ClH/c1-17(2)11-13-7-8-14(18)10-16(13)12-5-4-6-15(9-12)19-3;/h4-6,9,13,16H,7-8,10-11H2,1-3H3;1H. The molecule has 2 atom stereocenters. The van der Waals surface area contributed by atoms with Gasteiger partial charge in [-0.3, -0.25) is 4.79 Å². The third kappa shape index (κ3) is 4.22. The molecule has 1 aliphatic carbocycles. The number of benzene rings is 1. The summed E-state index contributed by atoms with van der Waals surface area (Å²) < 4.78 is 5.29. The maximum atomic E-state index is 11.8. The third-order valence-electron chi connectivity index (χ3n) is 3.93. The summed E-state index contributed by atoms with van der Waals surface area (Å²) in [6.07, 6.45) is 2.41. The van der Waals surface area contributed by atoms with Crippen molar-refractivity contribution in [2.75, 3.05) is 27.7 Å². The van der Waals surface area contributed by atoms with Crippen LogP contribution in [0.3, 0.4) is 0 Å². The van der Waals surface area contributed by atoms with Crippen molar-refractivity contribution in [2.24, 2.45) is 5.92 Å². The van der Waals surface area contributed by atoms with Crippen molar-refractivity contribution in [3.05, 3.63) is 29.8 Å². The summed E-state index contributed by atoms with van der Waals surface area (Å²) in [5, 5.41) is 0. The molecule has 2 unspecified atom stereocenters. The zero-order valence-corrected chi connectivity index (χ0v) is 13.3. The van der Waals surface area contributed by atoms with Gasteiger partial charge in [-0.2, -0.15) is 0 Å². The Kier molecular flexibility index (Phi) is 6.50. The summed E-state index contributed by atoms with van der Waals surface area (Å²) in [5.41, 5.74) is 1.24. The Hall–Kier alpha value is -1.06. The van der Waals surface area contributed by atoms with E-state index in [2.05, 4.69) is 31.1 Å². The minimum atomic E-state index is 0. The van der Waals surface area contributed by atoms with Gasteiger partial charge in [0.2, 0.25) is 0 Å². The fourth-order valence-electron chi connectivity index (χ4n) is 3.01. The van der Waals surface area contributed by atoms with Crippen LogP contribution in [0.1, 0.15) is 30.7 Å². The average Bonchev–Trinajstić information content (AvgIpc) is 2.40. The van der Waals surface area contributed by atoms with Gasteiger partial charge in [0, 0.05) is 19.4 Å². The fourth-order valence-corrected chi connectivity index (χ4v) is 3.01. The van der Waals surface area contributed by atoms with Gasteiger partial charge in [0.15, 0.2) is 0 Å². The number of rotatable bonds is 4. The molecule has 0 radical (unpaired) electrons. The Morgan fingerprint density at radius 2 is 2.10 bits per heavy atom. The molecule has 112 valence electrons. The van der Waals surface area contributed by atoms with E-state index >= 15 is 0 Å². The Bertz CT molecular complexity index is 448. The second-order valence-electron chi connectivity index (χ2n) is 5.69.